The SMILES string of the molecule is O=C(/C=C/c1ccc(O)cc1)O[C@@H]1C[C@](OCCCc2ccsc2)(C(=O)O)C[C@H](O)[C@H]1O. The molecule has 0 aliphatic heterocycles. The number of carbonyl (C=O) groups is 2. The molecule has 1 heterocycles. The number of aromatic hydroxyl groups is 1. The predicted molar refractivity (Wildman–Crippen MR) is 117 cm³/mol. The molecule has 4 N–H and O–H groups in total. The first kappa shape index (κ1) is 23.9. The van der Waals surface area contributed by atoms with Gasteiger partial charge in [0, 0.05) is 25.5 Å². The number of esters is 1. The first-order valence-corrected chi connectivity index (χ1v) is 11.2. The van der Waals surface area contributed by atoms with E-state index in [9.17, 15) is 30.0 Å². The van der Waals surface area contributed by atoms with Gasteiger partial charge in [0.25, 0.3) is 0 Å². The second-order valence-corrected chi connectivity index (χ2v) is 8.53. The molecule has 0 saturated heterocycles. The summed E-state index contributed by atoms with van der Waals surface area (Å²) in [7, 11) is 0. The largest absolute Gasteiger partial charge is 0.508 e. The number of aliphatic hydroxyl groups excluding tert-OH is 2. The van der Waals surface area contributed by atoms with Gasteiger partial charge in [-0.25, -0.2) is 9.59 Å². The molecule has 32 heavy (non-hydrogen) atoms. The number of carbonyl (C=O) groups excluding carboxylic acids is 1. The standard InChI is InChI=1S/C23H26O8S/c24-17-6-3-15(4-7-17)5-8-20(26)31-19-13-23(22(28)29,12-18(25)21(19)27)30-10-1-2-16-9-11-32-14-16/h3-9,11,14,18-19,21,24-25,27H,1-2,10,12-13H2,(H,28,29)/b8-5+/t18-,19+,21+,23-/m0/s1. The van der Waals surface area contributed by atoms with Crippen molar-refractivity contribution in [2.75, 3.05) is 6.61 Å². The number of ether oxygens (including phenoxy) is 2. The Morgan fingerprint density at radius 2 is 1.91 bits per heavy atom. The highest BCUT2D eigenvalue weighted by Gasteiger charge is 2.52. The van der Waals surface area contributed by atoms with Gasteiger partial charge in [0.15, 0.2) is 5.60 Å². The van der Waals surface area contributed by atoms with Gasteiger partial charge in [-0.1, -0.05) is 12.1 Å². The molecule has 1 aromatic carbocycles. The molecule has 0 unspecified atom stereocenters. The Labute approximate surface area is 189 Å². The van der Waals surface area contributed by atoms with Crippen molar-refractivity contribution in [1.82, 2.24) is 0 Å². The van der Waals surface area contributed by atoms with Gasteiger partial charge in [-0.15, -0.1) is 0 Å². The minimum Gasteiger partial charge on any atom is -0.508 e. The normalized spacial score (nSPS) is 25.6. The average molecular weight is 463 g/mol. The first-order valence-electron chi connectivity index (χ1n) is 10.2. The predicted octanol–water partition coefficient (Wildman–Crippen LogP) is 2.37. The summed E-state index contributed by atoms with van der Waals surface area (Å²) in [6.07, 6.45) is -0.780. The Kier molecular flexibility index (Phi) is 8.03. The summed E-state index contributed by atoms with van der Waals surface area (Å²) in [5, 5.41) is 43.6. The molecule has 8 nitrogen and oxygen atoms in total. The number of hydrogen-bond acceptors (Lipinski definition) is 8. The Hall–Kier alpha value is -2.72. The zero-order valence-corrected chi connectivity index (χ0v) is 18.1. The van der Waals surface area contributed by atoms with E-state index in [1.165, 1.54) is 18.2 Å². The Morgan fingerprint density at radius 1 is 1.16 bits per heavy atom. The Morgan fingerprint density at radius 3 is 2.56 bits per heavy atom. The summed E-state index contributed by atoms with van der Waals surface area (Å²) >= 11 is 1.58. The van der Waals surface area contributed by atoms with E-state index in [1.54, 1.807) is 23.5 Å². The van der Waals surface area contributed by atoms with E-state index in [0.717, 1.165) is 18.1 Å². The number of hydrogen-bond donors (Lipinski definition) is 4. The Bertz CT molecular complexity index is 924. The van der Waals surface area contributed by atoms with Crippen molar-refractivity contribution in [1.29, 1.82) is 0 Å². The fraction of sp³-hybridized carbons (Fsp3) is 0.391. The molecule has 1 fully saturated rings. The molecule has 3 rings (SSSR count). The average Bonchev–Trinajstić information content (AvgIpc) is 3.28. The van der Waals surface area contributed by atoms with Crippen molar-refractivity contribution in [3.63, 3.8) is 0 Å². The number of thiophene rings is 1. The molecule has 4 atom stereocenters. The van der Waals surface area contributed by atoms with Crippen LogP contribution in [0.5, 0.6) is 5.75 Å². The van der Waals surface area contributed by atoms with Crippen molar-refractivity contribution in [3.8, 4) is 5.75 Å². The lowest BCUT2D eigenvalue weighted by Gasteiger charge is -2.41. The molecule has 2 aromatic rings. The fourth-order valence-electron chi connectivity index (χ4n) is 3.62. The molecule has 172 valence electrons. The smallest absolute Gasteiger partial charge is 0.336 e. The van der Waals surface area contributed by atoms with E-state index in [2.05, 4.69) is 0 Å². The number of phenols is 1. The lowest BCUT2D eigenvalue weighted by atomic mass is 9.79. The van der Waals surface area contributed by atoms with Crippen molar-refractivity contribution >= 4 is 29.4 Å². The number of carboxylic acids is 1. The molecule has 1 aromatic heterocycles. The number of aliphatic hydroxyl groups is 2. The second-order valence-electron chi connectivity index (χ2n) is 7.75. The highest BCUT2D eigenvalue weighted by Crippen LogP contribution is 2.35. The highest BCUT2D eigenvalue weighted by molar-refractivity contribution is 7.07. The summed E-state index contributed by atoms with van der Waals surface area (Å²) in [6, 6.07) is 8.10. The van der Waals surface area contributed by atoms with Crippen LogP contribution in [0, 0.1) is 0 Å². The monoisotopic (exact) mass is 462 g/mol. The van der Waals surface area contributed by atoms with E-state index in [4.69, 9.17) is 9.47 Å². The van der Waals surface area contributed by atoms with Gasteiger partial charge in [-0.05, 0) is 59.0 Å². The third kappa shape index (κ3) is 6.17. The molecule has 1 saturated carbocycles. The fourth-order valence-corrected chi connectivity index (χ4v) is 4.32. The lowest BCUT2D eigenvalue weighted by Crippen LogP contribution is -2.58. The molecule has 1 aliphatic carbocycles. The minimum atomic E-state index is -1.76. The van der Waals surface area contributed by atoms with Crippen LogP contribution in [0.1, 0.15) is 30.4 Å². The molecule has 0 radical (unpaired) electrons. The van der Waals surface area contributed by atoms with E-state index >= 15 is 0 Å². The number of aryl methyl sites for hydroxylation is 1. The summed E-state index contributed by atoms with van der Waals surface area (Å²) in [5.74, 6) is -1.99. The van der Waals surface area contributed by atoms with E-state index in [1.807, 2.05) is 16.8 Å². The number of phenolic OH excluding ortho intramolecular Hbond substituents is 1. The van der Waals surface area contributed by atoms with Gasteiger partial charge in [0.05, 0.1) is 6.10 Å². The van der Waals surface area contributed by atoms with Crippen molar-refractivity contribution in [2.24, 2.45) is 0 Å². The summed E-state index contributed by atoms with van der Waals surface area (Å²) < 4.78 is 11.0. The van der Waals surface area contributed by atoms with Crippen LogP contribution >= 0.6 is 11.3 Å². The van der Waals surface area contributed by atoms with E-state index in [0.29, 0.717) is 12.0 Å². The molecular weight excluding hydrogens is 436 g/mol. The highest BCUT2D eigenvalue weighted by atomic mass is 32.1. The van der Waals surface area contributed by atoms with Crippen LogP contribution in [0.3, 0.4) is 0 Å². The third-order valence-corrected chi connectivity index (χ3v) is 6.11. The number of benzene rings is 1. The maximum Gasteiger partial charge on any atom is 0.336 e. The van der Waals surface area contributed by atoms with Gasteiger partial charge in [0.2, 0.25) is 0 Å². The van der Waals surface area contributed by atoms with Crippen molar-refractivity contribution in [3.05, 3.63) is 58.3 Å². The van der Waals surface area contributed by atoms with Crippen molar-refractivity contribution < 1.29 is 39.5 Å². The van der Waals surface area contributed by atoms with Gasteiger partial charge in [-0.2, -0.15) is 11.3 Å². The zero-order valence-electron chi connectivity index (χ0n) is 17.3. The van der Waals surface area contributed by atoms with Crippen LogP contribution in [-0.2, 0) is 25.5 Å². The van der Waals surface area contributed by atoms with Crippen LogP contribution < -0.4 is 0 Å². The van der Waals surface area contributed by atoms with Crippen molar-refractivity contribution in [2.45, 2.75) is 49.6 Å². The molecule has 0 spiro atoms. The minimum absolute atomic E-state index is 0.0874. The van der Waals surface area contributed by atoms with Crippen LogP contribution in [0.2, 0.25) is 0 Å². The van der Waals surface area contributed by atoms with Gasteiger partial charge >= 0.3 is 11.9 Å². The quantitative estimate of drug-likeness (QED) is 0.254. The number of carboxylic acid groups (broad SMARTS) is 1. The summed E-state index contributed by atoms with van der Waals surface area (Å²) in [6.45, 7) is 0.145. The van der Waals surface area contributed by atoms with Crippen LogP contribution in [0.25, 0.3) is 6.08 Å². The van der Waals surface area contributed by atoms with Crippen LogP contribution in [0.4, 0.5) is 0 Å². The molecular formula is C23H26O8S. The van der Waals surface area contributed by atoms with Crippen LogP contribution in [0.15, 0.2) is 47.2 Å². The maximum absolute atomic E-state index is 12.2. The van der Waals surface area contributed by atoms with Gasteiger partial charge < -0.3 is 29.9 Å². The molecule has 0 bridgehead atoms. The number of aliphatic carboxylic acids is 1. The van der Waals surface area contributed by atoms with E-state index in [-0.39, 0.29) is 25.2 Å². The van der Waals surface area contributed by atoms with Crippen LogP contribution in [-0.4, -0.2) is 62.9 Å². The van der Waals surface area contributed by atoms with E-state index < -0.39 is 35.9 Å². The summed E-state index contributed by atoms with van der Waals surface area (Å²) in [5.41, 5.74) is 0.00551. The molecule has 1 aliphatic rings. The Balaban J connectivity index is 1.62. The lowest BCUT2D eigenvalue weighted by molar-refractivity contribution is -0.207. The topological polar surface area (TPSA) is 134 Å². The molecule has 0 amide bonds. The summed E-state index contributed by atoms with van der Waals surface area (Å²) in [4.78, 5) is 24.3. The molecule has 9 heteroatoms. The second kappa shape index (κ2) is 10.7. The van der Waals surface area contributed by atoms with Gasteiger partial charge in [-0.3, -0.25) is 0 Å². The first-order chi connectivity index (χ1) is 15.3. The third-order valence-electron chi connectivity index (χ3n) is 5.38. The van der Waals surface area contributed by atoms with Gasteiger partial charge in [0.1, 0.15) is 18.0 Å². The maximum atomic E-state index is 12.2. The number of rotatable bonds is 9. The zero-order chi connectivity index (χ0) is 23.1.